The van der Waals surface area contributed by atoms with E-state index in [1.807, 2.05) is 18.2 Å². The fraction of sp³-hybridized carbons (Fsp3) is 0.381. The van der Waals surface area contributed by atoms with E-state index in [-0.39, 0.29) is 19.1 Å². The molecule has 2 aromatic rings. The fourth-order valence-corrected chi connectivity index (χ4v) is 3.69. The third-order valence-corrected chi connectivity index (χ3v) is 5.49. The van der Waals surface area contributed by atoms with Crippen molar-refractivity contribution in [3.63, 3.8) is 0 Å². The highest BCUT2D eigenvalue weighted by molar-refractivity contribution is 6.35. The molecule has 0 spiro atoms. The van der Waals surface area contributed by atoms with E-state index in [0.29, 0.717) is 46.8 Å². The number of ether oxygens (including phenoxy) is 3. The number of carboxylic acids is 1. The minimum absolute atomic E-state index is 0.118. The van der Waals surface area contributed by atoms with Crippen LogP contribution in [0.1, 0.15) is 23.7 Å². The van der Waals surface area contributed by atoms with Crippen LogP contribution in [0.3, 0.4) is 0 Å². The Morgan fingerprint density at radius 1 is 1.24 bits per heavy atom. The second kappa shape index (κ2) is 10.2. The van der Waals surface area contributed by atoms with Crippen molar-refractivity contribution in [2.45, 2.75) is 19.1 Å². The second-order valence-electron chi connectivity index (χ2n) is 6.70. The Kier molecular flexibility index (Phi) is 7.61. The van der Waals surface area contributed by atoms with E-state index in [1.165, 1.54) is 0 Å². The molecule has 156 valence electrons. The van der Waals surface area contributed by atoms with Crippen molar-refractivity contribution in [2.24, 2.45) is 0 Å². The lowest BCUT2D eigenvalue weighted by molar-refractivity contribution is -0.137. The van der Waals surface area contributed by atoms with Crippen LogP contribution in [-0.2, 0) is 16.1 Å². The Labute approximate surface area is 179 Å². The van der Waals surface area contributed by atoms with Gasteiger partial charge in [-0.05, 0) is 29.8 Å². The average molecular weight is 440 g/mol. The van der Waals surface area contributed by atoms with Gasteiger partial charge in [-0.3, -0.25) is 9.69 Å². The SMILES string of the molecule is COc1cc(C2CN(CCC(=O)O)CCO2)ccc1OCc1c(Cl)cccc1Cl. The Hall–Kier alpha value is -1.99. The van der Waals surface area contributed by atoms with Gasteiger partial charge < -0.3 is 19.3 Å². The largest absolute Gasteiger partial charge is 0.493 e. The number of carbonyl (C=O) groups is 1. The van der Waals surface area contributed by atoms with Gasteiger partial charge in [-0.1, -0.05) is 35.3 Å². The molecule has 29 heavy (non-hydrogen) atoms. The molecule has 1 aliphatic rings. The number of methoxy groups -OCH3 is 1. The number of benzene rings is 2. The van der Waals surface area contributed by atoms with Crippen molar-refractivity contribution in [1.82, 2.24) is 4.90 Å². The summed E-state index contributed by atoms with van der Waals surface area (Å²) in [4.78, 5) is 12.9. The predicted octanol–water partition coefficient (Wildman–Crippen LogP) is 4.43. The van der Waals surface area contributed by atoms with Crippen LogP contribution < -0.4 is 9.47 Å². The molecular weight excluding hydrogens is 417 g/mol. The molecule has 0 aromatic heterocycles. The Balaban J connectivity index is 1.69. The molecule has 1 heterocycles. The lowest BCUT2D eigenvalue weighted by atomic mass is 10.1. The fourth-order valence-electron chi connectivity index (χ4n) is 3.18. The first-order valence-corrected chi connectivity index (χ1v) is 10.0. The standard InChI is InChI=1S/C21H23Cl2NO5/c1-27-19-11-14(20-12-24(9-10-28-20)8-7-21(25)26)5-6-18(19)29-13-15-16(22)3-2-4-17(15)23/h2-6,11,20H,7-10,12-13H2,1H3,(H,25,26). The predicted molar refractivity (Wildman–Crippen MR) is 111 cm³/mol. The zero-order valence-corrected chi connectivity index (χ0v) is 17.6. The first kappa shape index (κ1) is 21.7. The molecule has 2 aromatic carbocycles. The van der Waals surface area contributed by atoms with Gasteiger partial charge in [-0.15, -0.1) is 0 Å². The van der Waals surface area contributed by atoms with E-state index in [1.54, 1.807) is 25.3 Å². The molecule has 1 N–H and O–H groups in total. The molecule has 1 saturated heterocycles. The van der Waals surface area contributed by atoms with Gasteiger partial charge in [-0.2, -0.15) is 0 Å². The molecule has 3 rings (SSSR count). The number of hydrogen-bond donors (Lipinski definition) is 1. The number of hydrogen-bond acceptors (Lipinski definition) is 5. The number of aliphatic carboxylic acids is 1. The Morgan fingerprint density at radius 3 is 2.69 bits per heavy atom. The monoisotopic (exact) mass is 439 g/mol. The Bertz CT molecular complexity index is 841. The van der Waals surface area contributed by atoms with Crippen molar-refractivity contribution in [3.05, 3.63) is 57.6 Å². The third kappa shape index (κ3) is 5.76. The molecule has 6 nitrogen and oxygen atoms in total. The first-order chi connectivity index (χ1) is 14.0. The van der Waals surface area contributed by atoms with Crippen LogP contribution >= 0.6 is 23.2 Å². The molecule has 1 unspecified atom stereocenters. The van der Waals surface area contributed by atoms with Gasteiger partial charge in [0, 0.05) is 35.2 Å². The minimum Gasteiger partial charge on any atom is -0.493 e. The van der Waals surface area contributed by atoms with Crippen molar-refractivity contribution < 1.29 is 24.1 Å². The average Bonchev–Trinajstić information content (AvgIpc) is 2.72. The normalized spacial score (nSPS) is 17.1. The zero-order valence-electron chi connectivity index (χ0n) is 16.1. The highest BCUT2D eigenvalue weighted by Gasteiger charge is 2.23. The summed E-state index contributed by atoms with van der Waals surface area (Å²) in [7, 11) is 1.58. The molecule has 0 bridgehead atoms. The summed E-state index contributed by atoms with van der Waals surface area (Å²) in [6, 6.07) is 11.0. The van der Waals surface area contributed by atoms with Gasteiger partial charge in [0.15, 0.2) is 11.5 Å². The van der Waals surface area contributed by atoms with Gasteiger partial charge in [0.2, 0.25) is 0 Å². The maximum Gasteiger partial charge on any atom is 0.304 e. The lowest BCUT2D eigenvalue weighted by Gasteiger charge is -2.33. The minimum atomic E-state index is -0.796. The number of carboxylic acid groups (broad SMARTS) is 1. The van der Waals surface area contributed by atoms with Crippen molar-refractivity contribution >= 4 is 29.2 Å². The molecule has 1 fully saturated rings. The van der Waals surface area contributed by atoms with Crippen LogP contribution in [0.5, 0.6) is 11.5 Å². The van der Waals surface area contributed by atoms with Crippen LogP contribution in [0, 0.1) is 0 Å². The molecule has 8 heteroatoms. The second-order valence-corrected chi connectivity index (χ2v) is 7.52. The summed E-state index contributed by atoms with van der Waals surface area (Å²) < 4.78 is 17.3. The first-order valence-electron chi connectivity index (χ1n) is 9.27. The van der Waals surface area contributed by atoms with E-state index < -0.39 is 5.97 Å². The highest BCUT2D eigenvalue weighted by atomic mass is 35.5. The molecule has 0 saturated carbocycles. The summed E-state index contributed by atoms with van der Waals surface area (Å²) in [5.41, 5.74) is 1.66. The van der Waals surface area contributed by atoms with Gasteiger partial charge in [-0.25, -0.2) is 0 Å². The molecule has 0 aliphatic carbocycles. The molecule has 0 amide bonds. The number of rotatable bonds is 8. The summed E-state index contributed by atoms with van der Waals surface area (Å²) in [6.07, 6.45) is -0.0357. The molecule has 1 atom stereocenters. The van der Waals surface area contributed by atoms with Crippen LogP contribution in [0.15, 0.2) is 36.4 Å². The number of morpholine rings is 1. The zero-order chi connectivity index (χ0) is 20.8. The summed E-state index contributed by atoms with van der Waals surface area (Å²) in [5, 5.41) is 9.98. The van der Waals surface area contributed by atoms with Crippen LogP contribution in [0.25, 0.3) is 0 Å². The van der Waals surface area contributed by atoms with E-state index >= 15 is 0 Å². The number of nitrogens with zero attached hydrogens (tertiary/aromatic N) is 1. The highest BCUT2D eigenvalue weighted by Crippen LogP contribution is 2.34. The smallest absolute Gasteiger partial charge is 0.304 e. The van der Waals surface area contributed by atoms with Gasteiger partial charge in [0.05, 0.1) is 26.2 Å². The quantitative estimate of drug-likeness (QED) is 0.655. The topological polar surface area (TPSA) is 68.2 Å². The van der Waals surface area contributed by atoms with Gasteiger partial charge in [0.1, 0.15) is 6.61 Å². The summed E-state index contributed by atoms with van der Waals surface area (Å²) in [5.74, 6) is 0.359. The third-order valence-electron chi connectivity index (χ3n) is 4.79. The van der Waals surface area contributed by atoms with Crippen LogP contribution in [0.2, 0.25) is 10.0 Å². The lowest BCUT2D eigenvalue weighted by Crippen LogP contribution is -2.39. The summed E-state index contributed by atoms with van der Waals surface area (Å²) in [6.45, 7) is 2.63. The van der Waals surface area contributed by atoms with Crippen LogP contribution in [0.4, 0.5) is 0 Å². The number of halogens is 2. The molecule has 1 aliphatic heterocycles. The Morgan fingerprint density at radius 2 is 2.00 bits per heavy atom. The maximum atomic E-state index is 10.8. The maximum absolute atomic E-state index is 10.8. The van der Waals surface area contributed by atoms with E-state index in [2.05, 4.69) is 4.90 Å². The van der Waals surface area contributed by atoms with Crippen molar-refractivity contribution in [2.75, 3.05) is 33.4 Å². The molecular formula is C21H23Cl2NO5. The van der Waals surface area contributed by atoms with E-state index in [9.17, 15) is 4.79 Å². The van der Waals surface area contributed by atoms with E-state index in [4.69, 9.17) is 42.5 Å². The van der Waals surface area contributed by atoms with Crippen LogP contribution in [-0.4, -0.2) is 49.3 Å². The van der Waals surface area contributed by atoms with E-state index in [0.717, 1.165) is 12.1 Å². The van der Waals surface area contributed by atoms with Gasteiger partial charge >= 0.3 is 5.97 Å². The van der Waals surface area contributed by atoms with Gasteiger partial charge in [0.25, 0.3) is 0 Å². The molecule has 0 radical (unpaired) electrons. The van der Waals surface area contributed by atoms with Crippen molar-refractivity contribution in [1.29, 1.82) is 0 Å². The summed E-state index contributed by atoms with van der Waals surface area (Å²) >= 11 is 12.4. The van der Waals surface area contributed by atoms with Crippen molar-refractivity contribution in [3.8, 4) is 11.5 Å².